The monoisotopic (exact) mass is 210 g/mol. The zero-order valence-corrected chi connectivity index (χ0v) is 8.65. The van der Waals surface area contributed by atoms with Crippen LogP contribution in [0.2, 0.25) is 0 Å². The number of rotatable bonds is 3. The van der Waals surface area contributed by atoms with Gasteiger partial charge in [0.15, 0.2) is 6.10 Å². The van der Waals surface area contributed by atoms with E-state index in [1.807, 2.05) is 6.07 Å². The van der Waals surface area contributed by atoms with E-state index in [0.29, 0.717) is 5.56 Å². The third-order valence-corrected chi connectivity index (χ3v) is 2.16. The van der Waals surface area contributed by atoms with Gasteiger partial charge in [0, 0.05) is 6.66 Å². The van der Waals surface area contributed by atoms with E-state index >= 15 is 0 Å². The van der Waals surface area contributed by atoms with E-state index in [0.717, 1.165) is 6.66 Å². The maximum Gasteiger partial charge on any atom is 0.326 e. The number of hydrogen-bond acceptors (Lipinski definition) is 2. The molecule has 0 bridgehead atoms. The predicted molar refractivity (Wildman–Crippen MR) is 54.9 cm³/mol. The average molecular weight is 210 g/mol. The van der Waals surface area contributed by atoms with Crippen molar-refractivity contribution >= 4 is 7.60 Å². The molecule has 14 heavy (non-hydrogen) atoms. The molecule has 0 aromatic heterocycles. The van der Waals surface area contributed by atoms with Crippen molar-refractivity contribution in [3.8, 4) is 12.3 Å². The molecule has 0 fully saturated rings. The lowest BCUT2D eigenvalue weighted by Gasteiger charge is -2.13. The van der Waals surface area contributed by atoms with Crippen molar-refractivity contribution in [3.05, 3.63) is 35.9 Å². The van der Waals surface area contributed by atoms with Gasteiger partial charge >= 0.3 is 7.60 Å². The van der Waals surface area contributed by atoms with Crippen LogP contribution in [0, 0.1) is 12.3 Å². The zero-order valence-electron chi connectivity index (χ0n) is 7.75. The van der Waals surface area contributed by atoms with Gasteiger partial charge in [-0.2, -0.15) is 0 Å². The zero-order chi connectivity index (χ0) is 10.6. The third-order valence-electron chi connectivity index (χ3n) is 1.55. The van der Waals surface area contributed by atoms with E-state index in [1.165, 1.54) is 0 Å². The minimum atomic E-state index is -3.55. The van der Waals surface area contributed by atoms with E-state index in [9.17, 15) is 4.57 Å². The van der Waals surface area contributed by atoms with Crippen LogP contribution in [0.1, 0.15) is 11.7 Å². The lowest BCUT2D eigenvalue weighted by atomic mass is 10.1. The fourth-order valence-corrected chi connectivity index (χ4v) is 1.58. The summed E-state index contributed by atoms with van der Waals surface area (Å²) in [6, 6.07) is 8.92. The van der Waals surface area contributed by atoms with Crippen LogP contribution in [0.4, 0.5) is 0 Å². The Balaban J connectivity index is 2.85. The van der Waals surface area contributed by atoms with Crippen LogP contribution in [-0.2, 0) is 9.09 Å². The molecule has 74 valence electrons. The van der Waals surface area contributed by atoms with Crippen LogP contribution in [0.25, 0.3) is 0 Å². The largest absolute Gasteiger partial charge is 0.326 e. The van der Waals surface area contributed by atoms with Gasteiger partial charge in [-0.15, -0.1) is 6.42 Å². The second-order valence-corrected chi connectivity index (χ2v) is 4.68. The second kappa shape index (κ2) is 4.43. The predicted octanol–water partition coefficient (Wildman–Crippen LogP) is 2.19. The molecule has 0 aliphatic heterocycles. The fourth-order valence-electron chi connectivity index (χ4n) is 1.01. The molecule has 0 spiro atoms. The van der Waals surface area contributed by atoms with Gasteiger partial charge in [-0.25, -0.2) is 0 Å². The van der Waals surface area contributed by atoms with Crippen molar-refractivity contribution in [3.63, 3.8) is 0 Å². The topological polar surface area (TPSA) is 46.5 Å². The maximum absolute atomic E-state index is 11.0. The smallest absolute Gasteiger partial charge is 0.324 e. The summed E-state index contributed by atoms with van der Waals surface area (Å²) in [5.74, 6) is 2.32. The quantitative estimate of drug-likeness (QED) is 0.614. The van der Waals surface area contributed by atoms with Crippen LogP contribution in [0.5, 0.6) is 0 Å². The summed E-state index contributed by atoms with van der Waals surface area (Å²) in [5.41, 5.74) is 0.700. The van der Waals surface area contributed by atoms with Crippen LogP contribution in [0.3, 0.4) is 0 Å². The van der Waals surface area contributed by atoms with Crippen molar-refractivity contribution in [1.29, 1.82) is 0 Å². The van der Waals surface area contributed by atoms with E-state index in [-0.39, 0.29) is 0 Å². The molecule has 0 saturated heterocycles. The third kappa shape index (κ3) is 3.35. The number of benzene rings is 1. The molecule has 0 heterocycles. The van der Waals surface area contributed by atoms with Crippen molar-refractivity contribution in [2.24, 2.45) is 0 Å². The Kier molecular flexibility index (Phi) is 3.49. The average Bonchev–Trinajstić information content (AvgIpc) is 2.14. The van der Waals surface area contributed by atoms with Gasteiger partial charge in [-0.3, -0.25) is 9.09 Å². The normalized spacial score (nSPS) is 16.6. The maximum atomic E-state index is 11.0. The van der Waals surface area contributed by atoms with Crippen LogP contribution < -0.4 is 0 Å². The molecule has 2 unspecified atom stereocenters. The van der Waals surface area contributed by atoms with E-state index in [4.69, 9.17) is 15.8 Å². The lowest BCUT2D eigenvalue weighted by Crippen LogP contribution is -1.99. The molecular weight excluding hydrogens is 199 g/mol. The van der Waals surface area contributed by atoms with Crippen molar-refractivity contribution in [1.82, 2.24) is 0 Å². The molecule has 0 aliphatic rings. The first kappa shape index (κ1) is 11.0. The molecule has 4 heteroatoms. The Hall–Kier alpha value is -1.07. The molecule has 1 rings (SSSR count). The Morgan fingerprint density at radius 3 is 2.50 bits per heavy atom. The summed E-state index contributed by atoms with van der Waals surface area (Å²) in [6.07, 6.45) is 4.44. The minimum absolute atomic E-state index is 0.700. The first-order valence-corrected chi connectivity index (χ1v) is 6.05. The highest BCUT2D eigenvalue weighted by Crippen LogP contribution is 2.42. The molecule has 3 nitrogen and oxygen atoms in total. The molecule has 2 atom stereocenters. The Labute approximate surface area is 83.3 Å². The lowest BCUT2D eigenvalue weighted by molar-refractivity contribution is 0.225. The second-order valence-electron chi connectivity index (χ2n) is 2.87. The van der Waals surface area contributed by atoms with Gasteiger partial charge in [-0.05, 0) is 5.56 Å². The highest BCUT2D eigenvalue weighted by atomic mass is 31.2. The van der Waals surface area contributed by atoms with Gasteiger partial charge in [0.2, 0.25) is 0 Å². The van der Waals surface area contributed by atoms with E-state index < -0.39 is 13.7 Å². The highest BCUT2D eigenvalue weighted by Gasteiger charge is 2.18. The summed E-state index contributed by atoms with van der Waals surface area (Å²) in [5, 5.41) is 0. The molecule has 1 aromatic rings. The van der Waals surface area contributed by atoms with Crippen molar-refractivity contribution in [2.75, 3.05) is 6.66 Å². The molecule has 1 aromatic carbocycles. The van der Waals surface area contributed by atoms with Crippen LogP contribution in [-0.4, -0.2) is 11.6 Å². The van der Waals surface area contributed by atoms with Crippen LogP contribution in [0.15, 0.2) is 30.3 Å². The first-order chi connectivity index (χ1) is 6.53. The van der Waals surface area contributed by atoms with E-state index in [1.54, 1.807) is 24.3 Å². The van der Waals surface area contributed by atoms with Gasteiger partial charge in [0.1, 0.15) is 0 Å². The Morgan fingerprint density at radius 2 is 2.07 bits per heavy atom. The van der Waals surface area contributed by atoms with Crippen molar-refractivity contribution in [2.45, 2.75) is 6.10 Å². The molecule has 0 amide bonds. The van der Waals surface area contributed by atoms with Gasteiger partial charge in [-0.1, -0.05) is 36.3 Å². The summed E-state index contributed by atoms with van der Waals surface area (Å²) in [6.45, 7) is 1.11. The van der Waals surface area contributed by atoms with Crippen molar-refractivity contribution < 1.29 is 14.0 Å². The van der Waals surface area contributed by atoms with Crippen LogP contribution >= 0.6 is 7.60 Å². The molecule has 0 saturated carbocycles. The molecule has 1 N–H and O–H groups in total. The number of terminal acetylenes is 1. The summed E-state index contributed by atoms with van der Waals surface area (Å²) in [4.78, 5) is 9.02. The summed E-state index contributed by atoms with van der Waals surface area (Å²) in [7, 11) is -3.55. The van der Waals surface area contributed by atoms with Gasteiger partial charge in [0.25, 0.3) is 0 Å². The fraction of sp³-hybridized carbons (Fsp3) is 0.200. The standard InChI is InChI=1S/C10H11O3P/c1-3-10(13-14(2,11)12)9-7-5-4-6-8-9/h1,4-8,10H,2H3,(H,11,12). The SMILES string of the molecule is C#CC(OP(C)(=O)O)c1ccccc1. The Morgan fingerprint density at radius 1 is 1.50 bits per heavy atom. The highest BCUT2D eigenvalue weighted by molar-refractivity contribution is 7.51. The minimum Gasteiger partial charge on any atom is -0.324 e. The Bertz CT molecular complexity index is 374. The first-order valence-electron chi connectivity index (χ1n) is 4.02. The molecule has 0 aliphatic carbocycles. The van der Waals surface area contributed by atoms with Gasteiger partial charge < -0.3 is 4.89 Å². The molecule has 0 radical (unpaired) electrons. The summed E-state index contributed by atoms with van der Waals surface area (Å²) < 4.78 is 15.8. The molecular formula is C10H11O3P. The van der Waals surface area contributed by atoms with E-state index in [2.05, 4.69) is 5.92 Å². The number of hydrogen-bond donors (Lipinski definition) is 1. The van der Waals surface area contributed by atoms with Gasteiger partial charge in [0.05, 0.1) is 0 Å². The summed E-state index contributed by atoms with van der Waals surface area (Å²) >= 11 is 0.